The fraction of sp³-hybridized carbons (Fsp3) is 0.300. The Balaban J connectivity index is 3.10. The van der Waals surface area contributed by atoms with E-state index in [1.807, 2.05) is 0 Å². The van der Waals surface area contributed by atoms with Crippen LogP contribution < -0.4 is 4.74 Å². The largest absolute Gasteiger partial charge is 0.464 e. The summed E-state index contributed by atoms with van der Waals surface area (Å²) in [6.07, 6.45) is 0. The third-order valence-corrected chi connectivity index (χ3v) is 2.17. The van der Waals surface area contributed by atoms with Crippen LogP contribution in [0.25, 0.3) is 0 Å². The molecule has 0 aromatic heterocycles. The van der Waals surface area contributed by atoms with Crippen molar-refractivity contribution in [2.75, 3.05) is 13.9 Å². The summed E-state index contributed by atoms with van der Waals surface area (Å²) in [5.41, 5.74) is -0.00419. The summed E-state index contributed by atoms with van der Waals surface area (Å²) in [5.74, 6) is -1.02. The summed E-state index contributed by atoms with van der Waals surface area (Å²) in [5, 5.41) is 0. The highest BCUT2D eigenvalue weighted by molar-refractivity contribution is 9.10. The number of benzene rings is 1. The number of rotatable bonds is 4. The molecular weight excluding hydrogens is 267 g/mol. The smallest absolute Gasteiger partial charge is 0.188 e. The average molecular weight is 277 g/mol. The zero-order valence-corrected chi connectivity index (χ0v) is 9.93. The molecule has 0 radical (unpaired) electrons. The van der Waals surface area contributed by atoms with Crippen LogP contribution in [0, 0.1) is 5.82 Å². The number of carbonyl (C=O) groups is 1. The monoisotopic (exact) mass is 276 g/mol. The van der Waals surface area contributed by atoms with E-state index in [0.29, 0.717) is 4.47 Å². The van der Waals surface area contributed by atoms with Crippen molar-refractivity contribution >= 4 is 21.7 Å². The first-order valence-electron chi connectivity index (χ1n) is 4.18. The third kappa shape index (κ3) is 3.00. The maximum absolute atomic E-state index is 13.6. The molecule has 3 nitrogen and oxygen atoms in total. The molecule has 0 N–H and O–H groups in total. The lowest BCUT2D eigenvalue weighted by Gasteiger charge is -2.08. The second-order valence-electron chi connectivity index (χ2n) is 2.87. The Labute approximate surface area is 95.3 Å². The van der Waals surface area contributed by atoms with Gasteiger partial charge in [-0.2, -0.15) is 0 Å². The molecule has 0 saturated carbocycles. The second kappa shape index (κ2) is 5.23. The van der Waals surface area contributed by atoms with Crippen LogP contribution in [0.5, 0.6) is 5.75 Å². The van der Waals surface area contributed by atoms with E-state index < -0.39 is 5.82 Å². The molecule has 15 heavy (non-hydrogen) atoms. The number of Topliss-reactive ketones (excluding diaryl/α,β-unsaturated/α-hetero) is 1. The second-order valence-corrected chi connectivity index (χ2v) is 3.79. The van der Waals surface area contributed by atoms with E-state index >= 15 is 0 Å². The van der Waals surface area contributed by atoms with Gasteiger partial charge in [0.1, 0.15) is 0 Å². The molecule has 0 saturated heterocycles. The Bertz CT molecular complexity index is 379. The van der Waals surface area contributed by atoms with E-state index in [0.717, 1.165) is 0 Å². The Morgan fingerprint density at radius 3 is 2.73 bits per heavy atom. The van der Waals surface area contributed by atoms with Gasteiger partial charge in [0, 0.05) is 11.6 Å². The third-order valence-electron chi connectivity index (χ3n) is 1.72. The highest BCUT2D eigenvalue weighted by atomic mass is 79.9. The molecule has 5 heteroatoms. The molecule has 0 fully saturated rings. The van der Waals surface area contributed by atoms with Crippen molar-refractivity contribution in [3.05, 3.63) is 28.0 Å². The minimum absolute atomic E-state index is 0.00331. The summed E-state index contributed by atoms with van der Waals surface area (Å²) in [6.45, 7) is 1.23. The predicted molar refractivity (Wildman–Crippen MR) is 56.6 cm³/mol. The van der Waals surface area contributed by atoms with Gasteiger partial charge in [0.15, 0.2) is 24.1 Å². The standard InChI is InChI=1S/C10H10BrFO3/c1-6(13)8-3-7(11)4-9(10(8)12)15-5-14-2/h3-4H,5H2,1-2H3. The molecule has 0 aliphatic rings. The number of hydrogen-bond donors (Lipinski definition) is 0. The van der Waals surface area contributed by atoms with Crippen molar-refractivity contribution in [1.29, 1.82) is 0 Å². The summed E-state index contributed by atoms with van der Waals surface area (Å²) in [7, 11) is 1.43. The maximum atomic E-state index is 13.6. The number of ketones is 1. The van der Waals surface area contributed by atoms with Crippen LogP contribution in [0.3, 0.4) is 0 Å². The minimum atomic E-state index is -0.664. The first kappa shape index (κ1) is 12.1. The molecular formula is C10H10BrFO3. The molecule has 0 aliphatic heterocycles. The van der Waals surface area contributed by atoms with E-state index in [-0.39, 0.29) is 23.9 Å². The van der Waals surface area contributed by atoms with Crippen LogP contribution in [-0.2, 0) is 4.74 Å². The van der Waals surface area contributed by atoms with Crippen LogP contribution in [0.4, 0.5) is 4.39 Å². The lowest BCUT2D eigenvalue weighted by Crippen LogP contribution is -2.04. The van der Waals surface area contributed by atoms with E-state index in [9.17, 15) is 9.18 Å². The van der Waals surface area contributed by atoms with Gasteiger partial charge in [0.25, 0.3) is 0 Å². The zero-order valence-electron chi connectivity index (χ0n) is 8.34. The molecule has 0 spiro atoms. The number of carbonyl (C=O) groups excluding carboxylic acids is 1. The molecule has 0 amide bonds. The first-order chi connectivity index (χ1) is 7.06. The number of hydrogen-bond acceptors (Lipinski definition) is 3. The molecule has 1 aromatic rings. The lowest BCUT2D eigenvalue weighted by atomic mass is 10.1. The van der Waals surface area contributed by atoms with Crippen LogP contribution >= 0.6 is 15.9 Å². The van der Waals surface area contributed by atoms with E-state index in [1.165, 1.54) is 26.2 Å². The van der Waals surface area contributed by atoms with Gasteiger partial charge >= 0.3 is 0 Å². The number of halogens is 2. The molecule has 0 unspecified atom stereocenters. The molecule has 0 heterocycles. The number of ether oxygens (including phenoxy) is 2. The Hall–Kier alpha value is -0.940. The summed E-state index contributed by atoms with van der Waals surface area (Å²) >= 11 is 3.17. The van der Waals surface area contributed by atoms with Crippen molar-refractivity contribution in [2.24, 2.45) is 0 Å². The molecule has 1 aromatic carbocycles. The fourth-order valence-electron chi connectivity index (χ4n) is 1.05. The maximum Gasteiger partial charge on any atom is 0.188 e. The Kier molecular flexibility index (Phi) is 4.23. The fourth-order valence-corrected chi connectivity index (χ4v) is 1.48. The zero-order chi connectivity index (χ0) is 11.4. The molecule has 0 atom stereocenters. The average Bonchev–Trinajstić information content (AvgIpc) is 2.18. The van der Waals surface area contributed by atoms with Crippen molar-refractivity contribution in [3.8, 4) is 5.75 Å². The van der Waals surface area contributed by atoms with Crippen LogP contribution in [0.15, 0.2) is 16.6 Å². The highest BCUT2D eigenvalue weighted by Gasteiger charge is 2.14. The van der Waals surface area contributed by atoms with Crippen molar-refractivity contribution in [2.45, 2.75) is 6.92 Å². The van der Waals surface area contributed by atoms with Gasteiger partial charge in [-0.05, 0) is 19.1 Å². The number of methoxy groups -OCH3 is 1. The summed E-state index contributed by atoms with van der Waals surface area (Å²) in [4.78, 5) is 11.1. The Morgan fingerprint density at radius 1 is 1.53 bits per heavy atom. The van der Waals surface area contributed by atoms with Crippen molar-refractivity contribution < 1.29 is 18.7 Å². The van der Waals surface area contributed by atoms with Crippen LogP contribution in [-0.4, -0.2) is 19.7 Å². The van der Waals surface area contributed by atoms with Gasteiger partial charge in [-0.25, -0.2) is 4.39 Å². The lowest BCUT2D eigenvalue weighted by molar-refractivity contribution is 0.0480. The minimum Gasteiger partial charge on any atom is -0.464 e. The van der Waals surface area contributed by atoms with Crippen molar-refractivity contribution in [3.63, 3.8) is 0 Å². The summed E-state index contributed by atoms with van der Waals surface area (Å²) < 4.78 is 23.8. The van der Waals surface area contributed by atoms with Crippen molar-refractivity contribution in [1.82, 2.24) is 0 Å². The predicted octanol–water partition coefficient (Wildman–Crippen LogP) is 2.77. The Morgan fingerprint density at radius 2 is 2.20 bits per heavy atom. The van der Waals surface area contributed by atoms with Gasteiger partial charge < -0.3 is 9.47 Å². The molecule has 0 aliphatic carbocycles. The van der Waals surface area contributed by atoms with Gasteiger partial charge in [-0.3, -0.25) is 4.79 Å². The topological polar surface area (TPSA) is 35.5 Å². The van der Waals surface area contributed by atoms with Gasteiger partial charge in [-0.1, -0.05) is 15.9 Å². The summed E-state index contributed by atoms with van der Waals surface area (Å²) in [6, 6.07) is 2.86. The van der Waals surface area contributed by atoms with Gasteiger partial charge in [0.05, 0.1) is 5.56 Å². The van der Waals surface area contributed by atoms with Gasteiger partial charge in [0.2, 0.25) is 0 Å². The van der Waals surface area contributed by atoms with E-state index in [2.05, 4.69) is 20.7 Å². The normalized spacial score (nSPS) is 10.1. The van der Waals surface area contributed by atoms with Crippen LogP contribution in [0.2, 0.25) is 0 Å². The van der Waals surface area contributed by atoms with Gasteiger partial charge in [-0.15, -0.1) is 0 Å². The highest BCUT2D eigenvalue weighted by Crippen LogP contribution is 2.26. The quantitative estimate of drug-likeness (QED) is 0.627. The SMILES string of the molecule is COCOc1cc(Br)cc(C(C)=O)c1F. The van der Waals surface area contributed by atoms with Crippen LogP contribution in [0.1, 0.15) is 17.3 Å². The first-order valence-corrected chi connectivity index (χ1v) is 4.97. The molecule has 82 valence electrons. The van der Waals surface area contributed by atoms with E-state index in [1.54, 1.807) is 0 Å². The molecule has 0 bridgehead atoms. The van der Waals surface area contributed by atoms with E-state index in [4.69, 9.17) is 4.74 Å². The molecule has 1 rings (SSSR count).